The summed E-state index contributed by atoms with van der Waals surface area (Å²) in [4.78, 5) is 100. The Hall–Kier alpha value is -10.4. The van der Waals surface area contributed by atoms with Gasteiger partial charge >= 0.3 is 29.5 Å². The first kappa shape index (κ1) is 70.0. The van der Waals surface area contributed by atoms with Crippen molar-refractivity contribution in [1.29, 1.82) is 0 Å². The number of amides is 3. The number of carbonyl (C=O) groups is 4. The Morgan fingerprint density at radius 2 is 1.01 bits per heavy atom. The van der Waals surface area contributed by atoms with Crippen molar-refractivity contribution in [1.82, 2.24) is 72.9 Å². The van der Waals surface area contributed by atoms with Crippen LogP contribution in [0.5, 0.6) is 0 Å². The van der Waals surface area contributed by atoms with Crippen LogP contribution in [0.3, 0.4) is 0 Å². The standard InChI is InChI=1S/C34H38N8O5.C23H29N5O6.C11H11N3.ClH/c1-21-18-40-28(20-39(21)33(46)47-34(3,4)5)29(31(44)37-16-23-9-6-7-10-26(23)30-35-13-8-14-36-30)42(32(40)45)25-11-12-27-24(15-25)17-38-41(27)19-22(2)43;1-13-10-26-18(12-25(13)22(33)34-23(3,4)5)19(20(30)31)28(21(26)32)16-6-7-17-15(8-16)9-24-27(17)11-14(2)29;12-8-9-4-1-2-5-10(9)11-13-6-3-7-14-11;/h6-15,17,21-22,43H,16,18-20H2,1-5H3,(H,37,44);6-9,13-14,29H,10-12H2,1-5H3,(H,30,31);1-7H,8,12H2;1H/t21?,22-;13?,14-;;/m11../s1. The molecule has 27 nitrogen and oxygen atoms in total. The van der Waals surface area contributed by atoms with Gasteiger partial charge in [-0.1, -0.05) is 48.5 Å². The molecule has 2 aliphatic rings. The number of aromatic carboxylic acids is 1. The zero-order valence-corrected chi connectivity index (χ0v) is 55.8. The number of hydrogen-bond donors (Lipinski definition) is 5. The van der Waals surface area contributed by atoms with Crippen LogP contribution in [0, 0.1) is 0 Å². The van der Waals surface area contributed by atoms with Gasteiger partial charge in [-0.25, -0.2) is 43.9 Å². The van der Waals surface area contributed by atoms with Gasteiger partial charge in [0.25, 0.3) is 5.91 Å². The van der Waals surface area contributed by atoms with Gasteiger partial charge in [0, 0.05) is 72.9 Å². The summed E-state index contributed by atoms with van der Waals surface area (Å²) in [6, 6.07) is 28.7. The molecule has 10 aromatic rings. The third-order valence-corrected chi connectivity index (χ3v) is 15.7. The normalized spacial score (nSPS) is 15.0. The molecule has 6 aromatic heterocycles. The van der Waals surface area contributed by atoms with Crippen LogP contribution in [0.4, 0.5) is 9.59 Å². The predicted octanol–water partition coefficient (Wildman–Crippen LogP) is 8.13. The molecular weight excluding hydrogens is 1250 g/mol. The summed E-state index contributed by atoms with van der Waals surface area (Å²) in [5.74, 6) is -0.492. The lowest BCUT2D eigenvalue weighted by atomic mass is 10.1. The fourth-order valence-electron chi connectivity index (χ4n) is 11.5. The summed E-state index contributed by atoms with van der Waals surface area (Å²) in [6.07, 6.45) is 7.79. The smallest absolute Gasteiger partial charge is 0.410 e. The van der Waals surface area contributed by atoms with Gasteiger partial charge in [0.15, 0.2) is 17.3 Å². The summed E-state index contributed by atoms with van der Waals surface area (Å²) in [5.41, 5.74) is 9.94. The maximum absolute atomic E-state index is 14.2. The number of hydrogen-bond acceptors (Lipinski definition) is 17. The molecule has 2 unspecified atom stereocenters. The van der Waals surface area contributed by atoms with Crippen LogP contribution < -0.4 is 22.4 Å². The average molecular weight is 1330 g/mol. The number of carbonyl (C=O) groups excluding carboxylic acids is 3. The van der Waals surface area contributed by atoms with E-state index in [1.807, 2.05) is 61.5 Å². The number of aromatic nitrogens is 12. The second-order valence-corrected chi connectivity index (χ2v) is 25.5. The lowest BCUT2D eigenvalue weighted by Crippen LogP contribution is -2.48. The maximum Gasteiger partial charge on any atom is 0.410 e. The van der Waals surface area contributed by atoms with E-state index in [0.717, 1.165) is 49.1 Å². The van der Waals surface area contributed by atoms with Crippen LogP contribution in [-0.2, 0) is 61.8 Å². The van der Waals surface area contributed by atoms with Gasteiger partial charge in [0.05, 0.1) is 96.7 Å². The Morgan fingerprint density at radius 3 is 1.43 bits per heavy atom. The van der Waals surface area contributed by atoms with E-state index in [9.17, 15) is 44.1 Å². The molecule has 12 rings (SSSR count). The quantitative estimate of drug-likeness (QED) is 0.0727. The number of aliphatic hydroxyl groups is 2. The topological polar surface area (TPSA) is 333 Å². The number of ether oxygens (including phenoxy) is 2. The first-order valence-electron chi connectivity index (χ1n) is 31.1. The number of imidazole rings is 2. The van der Waals surface area contributed by atoms with E-state index in [0.29, 0.717) is 47.9 Å². The maximum atomic E-state index is 14.2. The number of benzene rings is 4. The molecular formula is C68H79ClN16O11. The van der Waals surface area contributed by atoms with E-state index in [-0.39, 0.29) is 74.3 Å². The highest BCUT2D eigenvalue weighted by molar-refractivity contribution is 5.95. The number of halogens is 1. The molecule has 0 fully saturated rings. The molecule has 0 saturated heterocycles. The Kier molecular flexibility index (Phi) is 21.2. The third kappa shape index (κ3) is 15.4. The van der Waals surface area contributed by atoms with E-state index in [1.54, 1.807) is 161 Å². The van der Waals surface area contributed by atoms with Gasteiger partial charge in [0.2, 0.25) is 0 Å². The molecule has 3 amide bonds. The van der Waals surface area contributed by atoms with Crippen molar-refractivity contribution in [3.8, 4) is 34.2 Å². The van der Waals surface area contributed by atoms with Crippen LogP contribution in [0.1, 0.15) is 113 Å². The second-order valence-electron chi connectivity index (χ2n) is 25.5. The summed E-state index contributed by atoms with van der Waals surface area (Å²) in [6.45, 7) is 19.2. The van der Waals surface area contributed by atoms with Crippen molar-refractivity contribution < 1.29 is 44.0 Å². The molecule has 28 heteroatoms. The minimum Gasteiger partial charge on any atom is -0.477 e. The zero-order chi connectivity index (χ0) is 68.2. The summed E-state index contributed by atoms with van der Waals surface area (Å²) in [7, 11) is 0. The van der Waals surface area contributed by atoms with Crippen molar-refractivity contribution in [3.63, 3.8) is 0 Å². The fourth-order valence-corrected chi connectivity index (χ4v) is 11.5. The van der Waals surface area contributed by atoms with Crippen LogP contribution in [0.25, 0.3) is 56.0 Å². The average Bonchev–Trinajstić information content (AvgIpc) is 1.60. The van der Waals surface area contributed by atoms with Crippen LogP contribution in [0.15, 0.2) is 144 Å². The zero-order valence-electron chi connectivity index (χ0n) is 55.0. The lowest BCUT2D eigenvalue weighted by molar-refractivity contribution is 0.00852. The number of nitrogens with one attached hydrogen (secondary N) is 1. The highest BCUT2D eigenvalue weighted by Gasteiger charge is 2.39. The summed E-state index contributed by atoms with van der Waals surface area (Å²) < 4.78 is 20.0. The number of nitrogens with two attached hydrogens (primary N) is 1. The Balaban J connectivity index is 0.000000191. The molecule has 96 heavy (non-hydrogen) atoms. The molecule has 0 saturated carbocycles. The van der Waals surface area contributed by atoms with Crippen LogP contribution >= 0.6 is 12.4 Å². The molecule has 4 atom stereocenters. The lowest BCUT2D eigenvalue weighted by Gasteiger charge is -2.35. The Labute approximate surface area is 558 Å². The largest absolute Gasteiger partial charge is 0.477 e. The molecule has 0 aliphatic carbocycles. The van der Waals surface area contributed by atoms with E-state index in [2.05, 4.69) is 35.5 Å². The summed E-state index contributed by atoms with van der Waals surface area (Å²) >= 11 is 0. The first-order valence-corrected chi connectivity index (χ1v) is 31.1. The van der Waals surface area contributed by atoms with Gasteiger partial charge < -0.3 is 35.8 Å². The number of fused-ring (bicyclic) bond motifs is 4. The first-order chi connectivity index (χ1) is 45.2. The van der Waals surface area contributed by atoms with Crippen molar-refractivity contribution in [2.75, 3.05) is 0 Å². The fraction of sp³-hybridized carbons (Fsp3) is 0.353. The molecule has 4 aromatic carbocycles. The second kappa shape index (κ2) is 29.1. The number of aliphatic hydroxyl groups excluding tert-OH is 2. The van der Waals surface area contributed by atoms with Crippen molar-refractivity contribution in [3.05, 3.63) is 189 Å². The predicted molar refractivity (Wildman–Crippen MR) is 361 cm³/mol. The van der Waals surface area contributed by atoms with E-state index in [1.165, 1.54) is 14.0 Å². The molecule has 0 bridgehead atoms. The third-order valence-electron chi connectivity index (χ3n) is 15.7. The van der Waals surface area contributed by atoms with Gasteiger partial charge in [-0.05, 0) is 129 Å². The molecule has 6 N–H and O–H groups in total. The van der Waals surface area contributed by atoms with Crippen molar-refractivity contribution >= 4 is 58.3 Å². The Bertz CT molecular complexity index is 4580. The van der Waals surface area contributed by atoms with Crippen molar-refractivity contribution in [2.45, 2.75) is 157 Å². The van der Waals surface area contributed by atoms with Gasteiger partial charge in [-0.15, -0.1) is 12.4 Å². The number of rotatable bonds is 13. The minimum atomic E-state index is -1.27. The number of carboxylic acids is 1. The van der Waals surface area contributed by atoms with Gasteiger partial charge in [-0.3, -0.25) is 42.2 Å². The van der Waals surface area contributed by atoms with E-state index in [4.69, 9.17) is 15.2 Å². The molecule has 0 spiro atoms. The number of carboxylic acid groups (broad SMARTS) is 1. The monoisotopic (exact) mass is 1330 g/mol. The van der Waals surface area contributed by atoms with E-state index < -0.39 is 58.9 Å². The molecule has 0 radical (unpaired) electrons. The number of nitrogens with zero attached hydrogens (tertiary/aromatic N) is 14. The Morgan fingerprint density at radius 1 is 0.604 bits per heavy atom. The highest BCUT2D eigenvalue weighted by Crippen LogP contribution is 2.30. The summed E-state index contributed by atoms with van der Waals surface area (Å²) in [5, 5.41) is 42.7. The molecule has 2 aliphatic heterocycles. The van der Waals surface area contributed by atoms with Crippen LogP contribution in [0.2, 0.25) is 0 Å². The molecule has 504 valence electrons. The van der Waals surface area contributed by atoms with Gasteiger partial charge in [0.1, 0.15) is 16.9 Å². The highest BCUT2D eigenvalue weighted by atomic mass is 35.5. The van der Waals surface area contributed by atoms with Crippen LogP contribution in [-0.4, -0.2) is 142 Å². The van der Waals surface area contributed by atoms with E-state index >= 15 is 0 Å². The minimum absolute atomic E-state index is 0. The van der Waals surface area contributed by atoms with Crippen molar-refractivity contribution in [2.24, 2.45) is 5.73 Å². The molecule has 8 heterocycles. The SMILES string of the molecule is CC1Cn2c(c(C(=O)NCc3ccccc3-c3ncccn3)n(-c3ccc4c(cnn4C[C@@H](C)O)c3)c2=O)CN1C(=O)OC(C)(C)C.CC1Cn2c(c(C(=O)O)n(-c3ccc4c(cnn4C[C@@H](C)O)c3)c2=O)CN1C(=O)OC(C)(C)C.Cl.NCc1ccccc1-c1ncccn1. The van der Waals surface area contributed by atoms with Gasteiger partial charge in [-0.2, -0.15) is 10.2 Å².